The van der Waals surface area contributed by atoms with Gasteiger partial charge < -0.3 is 9.64 Å². The van der Waals surface area contributed by atoms with Gasteiger partial charge in [0.25, 0.3) is 5.91 Å². The maximum atomic E-state index is 12.9. The van der Waals surface area contributed by atoms with Crippen molar-refractivity contribution in [2.24, 2.45) is 0 Å². The van der Waals surface area contributed by atoms with Crippen LogP contribution in [-0.2, 0) is 22.7 Å². The molecule has 0 spiro atoms. The van der Waals surface area contributed by atoms with Crippen LogP contribution in [0.3, 0.4) is 0 Å². The highest BCUT2D eigenvalue weighted by molar-refractivity contribution is 6.05. The molecule has 1 N–H and O–H groups in total. The number of para-hydroxylation sites is 1. The number of carbonyl (C=O) groups excluding carboxylic acids is 3. The molecule has 4 heterocycles. The molecule has 190 valence electrons. The Balaban J connectivity index is 1.11. The van der Waals surface area contributed by atoms with Gasteiger partial charge in [0.2, 0.25) is 11.8 Å². The van der Waals surface area contributed by atoms with Gasteiger partial charge in [-0.25, -0.2) is 0 Å². The average Bonchev–Trinajstić information content (AvgIpc) is 3.23. The molecule has 8 nitrogen and oxygen atoms in total. The van der Waals surface area contributed by atoms with Crippen molar-refractivity contribution in [1.82, 2.24) is 20.1 Å². The molecule has 3 aliphatic rings. The molecule has 3 aromatic rings. The number of piperidine rings is 2. The van der Waals surface area contributed by atoms with Gasteiger partial charge in [-0.15, -0.1) is 0 Å². The third-order valence-electron chi connectivity index (χ3n) is 7.71. The Bertz CT molecular complexity index is 1370. The lowest BCUT2D eigenvalue weighted by molar-refractivity contribution is -0.136. The van der Waals surface area contributed by atoms with Crippen molar-refractivity contribution in [3.8, 4) is 5.75 Å². The Kier molecular flexibility index (Phi) is 6.34. The summed E-state index contributed by atoms with van der Waals surface area (Å²) in [6, 6.07) is 17.6. The van der Waals surface area contributed by atoms with Crippen molar-refractivity contribution >= 4 is 28.6 Å². The number of nitrogens with zero attached hydrogens (tertiary/aromatic N) is 3. The lowest BCUT2D eigenvalue weighted by Crippen LogP contribution is -2.52. The topological polar surface area (TPSA) is 91.8 Å². The van der Waals surface area contributed by atoms with Gasteiger partial charge in [-0.3, -0.25) is 29.6 Å². The number of rotatable bonds is 6. The highest BCUT2D eigenvalue weighted by Gasteiger charge is 2.39. The molecule has 2 saturated heterocycles. The van der Waals surface area contributed by atoms with E-state index in [0.717, 1.165) is 47.4 Å². The summed E-state index contributed by atoms with van der Waals surface area (Å²) < 4.78 is 6.24. The Labute approximate surface area is 215 Å². The molecular weight excluding hydrogens is 468 g/mol. The quantitative estimate of drug-likeness (QED) is 0.524. The van der Waals surface area contributed by atoms with E-state index in [-0.39, 0.29) is 24.3 Å². The Morgan fingerprint density at radius 2 is 1.89 bits per heavy atom. The van der Waals surface area contributed by atoms with Crippen LogP contribution in [0.25, 0.3) is 10.9 Å². The number of pyridine rings is 1. The molecule has 0 aliphatic carbocycles. The molecule has 0 saturated carbocycles. The SMILES string of the molecule is O=C1CCC(N2Cc3cc(OCC4CCCCN4Cc4ccc5ccccc5n4)ccc3C2=O)C(=O)N1. The summed E-state index contributed by atoms with van der Waals surface area (Å²) in [5.41, 5.74) is 3.53. The van der Waals surface area contributed by atoms with Crippen LogP contribution < -0.4 is 10.1 Å². The zero-order valence-corrected chi connectivity index (χ0v) is 20.7. The summed E-state index contributed by atoms with van der Waals surface area (Å²) in [5, 5.41) is 3.50. The van der Waals surface area contributed by atoms with Gasteiger partial charge in [0.1, 0.15) is 18.4 Å². The summed E-state index contributed by atoms with van der Waals surface area (Å²) in [6.45, 7) is 2.72. The fourth-order valence-electron chi connectivity index (χ4n) is 5.69. The van der Waals surface area contributed by atoms with E-state index in [9.17, 15) is 14.4 Å². The van der Waals surface area contributed by atoms with Crippen LogP contribution in [0.1, 0.15) is 53.7 Å². The number of aromatic nitrogens is 1. The third kappa shape index (κ3) is 4.81. The normalized spacial score (nSPS) is 22.3. The van der Waals surface area contributed by atoms with Crippen molar-refractivity contribution in [3.63, 3.8) is 0 Å². The van der Waals surface area contributed by atoms with E-state index in [1.807, 2.05) is 24.3 Å². The fraction of sp³-hybridized carbons (Fsp3) is 0.379. The van der Waals surface area contributed by atoms with Gasteiger partial charge in [0, 0.05) is 36.5 Å². The summed E-state index contributed by atoms with van der Waals surface area (Å²) >= 11 is 0. The number of fused-ring (bicyclic) bond motifs is 2. The van der Waals surface area contributed by atoms with Crippen molar-refractivity contribution in [3.05, 3.63) is 71.4 Å². The molecule has 2 unspecified atom stereocenters. The van der Waals surface area contributed by atoms with Crippen LogP contribution in [0.5, 0.6) is 5.75 Å². The van der Waals surface area contributed by atoms with Crippen LogP contribution in [0.2, 0.25) is 0 Å². The second kappa shape index (κ2) is 9.94. The Morgan fingerprint density at radius 1 is 1.00 bits per heavy atom. The van der Waals surface area contributed by atoms with Gasteiger partial charge in [0.05, 0.1) is 11.2 Å². The van der Waals surface area contributed by atoms with Crippen molar-refractivity contribution < 1.29 is 19.1 Å². The highest BCUT2D eigenvalue weighted by Crippen LogP contribution is 2.30. The third-order valence-corrected chi connectivity index (χ3v) is 7.71. The lowest BCUT2D eigenvalue weighted by Gasteiger charge is -2.35. The molecular formula is C29H30N4O4. The van der Waals surface area contributed by atoms with Crippen LogP contribution in [0.15, 0.2) is 54.6 Å². The number of imide groups is 1. The minimum Gasteiger partial charge on any atom is -0.492 e. The molecule has 37 heavy (non-hydrogen) atoms. The van der Waals surface area contributed by atoms with Crippen LogP contribution in [0, 0.1) is 0 Å². The summed E-state index contributed by atoms with van der Waals surface area (Å²) in [7, 11) is 0. The van der Waals surface area contributed by atoms with E-state index in [1.165, 1.54) is 12.8 Å². The van der Waals surface area contributed by atoms with Crippen molar-refractivity contribution in [2.75, 3.05) is 13.2 Å². The number of benzene rings is 2. The molecule has 8 heteroatoms. The predicted molar refractivity (Wildman–Crippen MR) is 138 cm³/mol. The van der Waals surface area contributed by atoms with E-state index in [4.69, 9.17) is 9.72 Å². The largest absolute Gasteiger partial charge is 0.492 e. The summed E-state index contributed by atoms with van der Waals surface area (Å²) in [5.74, 6) is -0.121. The van der Waals surface area contributed by atoms with Crippen molar-refractivity contribution in [1.29, 1.82) is 0 Å². The fourth-order valence-corrected chi connectivity index (χ4v) is 5.69. The maximum absolute atomic E-state index is 12.9. The first-order valence-electron chi connectivity index (χ1n) is 13.0. The van der Waals surface area contributed by atoms with Crippen molar-refractivity contribution in [2.45, 2.75) is 57.3 Å². The predicted octanol–water partition coefficient (Wildman–Crippen LogP) is 3.43. The number of nitrogens with one attached hydrogen (secondary N) is 1. The highest BCUT2D eigenvalue weighted by atomic mass is 16.5. The molecule has 2 fully saturated rings. The lowest BCUT2D eigenvalue weighted by atomic mass is 10.0. The van der Waals surface area contributed by atoms with E-state index >= 15 is 0 Å². The molecule has 3 aliphatic heterocycles. The second-order valence-corrected chi connectivity index (χ2v) is 10.1. The Morgan fingerprint density at radius 3 is 2.78 bits per heavy atom. The minimum atomic E-state index is -0.610. The van der Waals surface area contributed by atoms with Crippen LogP contribution in [0.4, 0.5) is 0 Å². The average molecular weight is 499 g/mol. The number of carbonyl (C=O) groups is 3. The number of ether oxygens (including phenoxy) is 1. The summed E-state index contributed by atoms with van der Waals surface area (Å²) in [4.78, 5) is 45.6. The maximum Gasteiger partial charge on any atom is 0.255 e. The zero-order chi connectivity index (χ0) is 25.4. The smallest absolute Gasteiger partial charge is 0.255 e. The van der Waals surface area contributed by atoms with Gasteiger partial charge >= 0.3 is 0 Å². The summed E-state index contributed by atoms with van der Waals surface area (Å²) in [6.07, 6.45) is 4.02. The van der Waals surface area contributed by atoms with E-state index < -0.39 is 11.9 Å². The van der Waals surface area contributed by atoms with E-state index in [0.29, 0.717) is 25.1 Å². The van der Waals surface area contributed by atoms with Crippen LogP contribution >= 0.6 is 0 Å². The number of hydrogen-bond donors (Lipinski definition) is 1. The number of hydrogen-bond acceptors (Lipinski definition) is 6. The first kappa shape index (κ1) is 23.6. The molecule has 2 aromatic carbocycles. The molecule has 1 aromatic heterocycles. The monoisotopic (exact) mass is 498 g/mol. The van der Waals surface area contributed by atoms with Gasteiger partial charge in [-0.2, -0.15) is 0 Å². The van der Waals surface area contributed by atoms with E-state index in [2.05, 4.69) is 34.5 Å². The second-order valence-electron chi connectivity index (χ2n) is 10.1. The van der Waals surface area contributed by atoms with Crippen LogP contribution in [-0.4, -0.2) is 57.7 Å². The first-order chi connectivity index (χ1) is 18.0. The van der Waals surface area contributed by atoms with E-state index in [1.54, 1.807) is 11.0 Å². The number of likely N-dealkylation sites (tertiary alicyclic amines) is 1. The van der Waals surface area contributed by atoms with Gasteiger partial charge in [0.15, 0.2) is 0 Å². The minimum absolute atomic E-state index is 0.169. The number of amides is 3. The molecule has 6 rings (SSSR count). The Hall–Kier alpha value is -3.78. The molecule has 0 radical (unpaired) electrons. The van der Waals surface area contributed by atoms with Gasteiger partial charge in [-0.1, -0.05) is 30.7 Å². The van der Waals surface area contributed by atoms with Gasteiger partial charge in [-0.05, 0) is 61.7 Å². The standard InChI is InChI=1S/C29H30N4O4/c34-27-13-12-26(28(35)31-27)33-16-20-15-23(10-11-24(20)29(33)36)37-18-22-6-3-4-14-32(22)17-21-9-8-19-5-1-2-7-25(19)30-21/h1-2,5,7-11,15,22,26H,3-4,6,12-14,16-18H2,(H,31,34,35). The molecule has 0 bridgehead atoms. The first-order valence-corrected chi connectivity index (χ1v) is 13.0. The molecule has 2 atom stereocenters. The molecule has 3 amide bonds. The zero-order valence-electron chi connectivity index (χ0n) is 20.7.